The van der Waals surface area contributed by atoms with Crippen molar-refractivity contribution in [2.45, 2.75) is 12.7 Å². The molecular formula is C25H16Cl3F3N6O2. The molecular weight excluding hydrogens is 580 g/mol. The van der Waals surface area contributed by atoms with Gasteiger partial charge in [-0.05, 0) is 48.0 Å². The molecule has 0 saturated heterocycles. The molecule has 3 heterocycles. The third kappa shape index (κ3) is 5.65. The maximum absolute atomic E-state index is 13.9. The van der Waals surface area contributed by atoms with E-state index in [1.165, 1.54) is 18.0 Å². The summed E-state index contributed by atoms with van der Waals surface area (Å²) in [5, 5.41) is 11.5. The smallest absolute Gasteiger partial charge is 0.433 e. The Kier molecular flexibility index (Phi) is 7.15. The zero-order chi connectivity index (χ0) is 27.9. The molecule has 8 nitrogen and oxygen atoms in total. The Bertz CT molecular complexity index is 1700. The summed E-state index contributed by atoms with van der Waals surface area (Å²) in [4.78, 5) is 17.2. The van der Waals surface area contributed by atoms with E-state index in [2.05, 4.69) is 20.5 Å². The lowest BCUT2D eigenvalue weighted by atomic mass is 10.1. The topological polar surface area (TPSA) is 86.3 Å². The largest absolute Gasteiger partial charge is 0.497 e. The van der Waals surface area contributed by atoms with E-state index in [4.69, 9.17) is 39.5 Å². The van der Waals surface area contributed by atoms with Crippen LogP contribution in [0.5, 0.6) is 5.75 Å². The van der Waals surface area contributed by atoms with E-state index in [0.717, 1.165) is 17.7 Å². The Morgan fingerprint density at radius 3 is 2.38 bits per heavy atom. The van der Waals surface area contributed by atoms with Crippen molar-refractivity contribution in [2.75, 3.05) is 12.4 Å². The lowest BCUT2D eigenvalue weighted by Gasteiger charge is -2.11. The quantitative estimate of drug-likeness (QED) is 0.231. The summed E-state index contributed by atoms with van der Waals surface area (Å²) >= 11 is 18.2. The van der Waals surface area contributed by atoms with Crippen molar-refractivity contribution >= 4 is 52.2 Å². The maximum atomic E-state index is 13.9. The van der Waals surface area contributed by atoms with E-state index >= 15 is 0 Å². The number of benzene rings is 2. The van der Waals surface area contributed by atoms with Crippen LogP contribution in [0, 0.1) is 0 Å². The summed E-state index contributed by atoms with van der Waals surface area (Å²) in [5.41, 5.74) is -0.322. The zero-order valence-corrected chi connectivity index (χ0v) is 22.1. The number of hydrogen-bond acceptors (Lipinski definition) is 5. The molecule has 0 radical (unpaired) electrons. The number of rotatable bonds is 6. The fourth-order valence-corrected chi connectivity index (χ4v) is 4.27. The molecule has 39 heavy (non-hydrogen) atoms. The van der Waals surface area contributed by atoms with Crippen LogP contribution in [-0.4, -0.2) is 37.4 Å². The van der Waals surface area contributed by atoms with Gasteiger partial charge in [-0.15, -0.1) is 0 Å². The number of ether oxygens (including phenoxy) is 1. The van der Waals surface area contributed by atoms with Crippen molar-refractivity contribution in [2.24, 2.45) is 0 Å². The standard InChI is InChI=1S/C25H16Cl3F3N6O2/c1-39-15-5-3-14(4-6-15)19-9-21(25(29,30)31)37-22(32-19)10-20(34-37)24(38)33-23-18(28)12-36(35-23)11-13-2-7-16(26)17(27)8-13/h2-10,12H,11H2,1H3,(H,33,35,38). The van der Waals surface area contributed by atoms with Gasteiger partial charge in [0, 0.05) is 17.8 Å². The first-order valence-electron chi connectivity index (χ1n) is 11.1. The molecule has 0 aliphatic rings. The second-order valence-corrected chi connectivity index (χ2v) is 9.50. The summed E-state index contributed by atoms with van der Waals surface area (Å²) in [5.74, 6) is -0.278. The number of alkyl halides is 3. The number of halogens is 6. The Hall–Kier alpha value is -3.80. The number of amides is 1. The molecule has 0 bridgehead atoms. The molecule has 1 amide bonds. The SMILES string of the molecule is COc1ccc(-c2cc(C(F)(F)F)n3nc(C(=O)Nc4nn(Cc5ccc(Cl)c(Cl)c5)cc4Cl)cc3n2)cc1. The highest BCUT2D eigenvalue weighted by atomic mass is 35.5. The van der Waals surface area contributed by atoms with Crippen LogP contribution in [0.15, 0.2) is 60.8 Å². The van der Waals surface area contributed by atoms with Gasteiger partial charge >= 0.3 is 6.18 Å². The highest BCUT2D eigenvalue weighted by Gasteiger charge is 2.35. The predicted octanol–water partition coefficient (Wildman–Crippen LogP) is 6.88. The van der Waals surface area contributed by atoms with E-state index in [1.807, 2.05) is 0 Å². The molecule has 0 aliphatic heterocycles. The zero-order valence-electron chi connectivity index (χ0n) is 19.8. The number of anilines is 1. The van der Waals surface area contributed by atoms with E-state index in [-0.39, 0.29) is 34.4 Å². The number of carbonyl (C=O) groups is 1. The molecule has 0 saturated carbocycles. The highest BCUT2D eigenvalue weighted by Crippen LogP contribution is 2.33. The van der Waals surface area contributed by atoms with Crippen molar-refractivity contribution in [1.82, 2.24) is 24.4 Å². The highest BCUT2D eigenvalue weighted by molar-refractivity contribution is 6.42. The normalized spacial score (nSPS) is 11.7. The van der Waals surface area contributed by atoms with Gasteiger partial charge in [-0.3, -0.25) is 9.48 Å². The van der Waals surface area contributed by atoms with Crippen LogP contribution in [0.25, 0.3) is 16.9 Å². The number of nitrogens with one attached hydrogen (secondary N) is 1. The average Bonchev–Trinajstić information content (AvgIpc) is 3.48. The monoisotopic (exact) mass is 594 g/mol. The number of hydrogen-bond donors (Lipinski definition) is 1. The third-order valence-electron chi connectivity index (χ3n) is 5.61. The molecule has 0 spiro atoms. The third-order valence-corrected chi connectivity index (χ3v) is 6.63. The van der Waals surface area contributed by atoms with Crippen LogP contribution >= 0.6 is 34.8 Å². The van der Waals surface area contributed by atoms with Crippen molar-refractivity contribution < 1.29 is 22.7 Å². The first-order valence-corrected chi connectivity index (χ1v) is 12.3. The predicted molar refractivity (Wildman–Crippen MR) is 141 cm³/mol. The van der Waals surface area contributed by atoms with Crippen molar-refractivity contribution in [3.05, 3.63) is 92.8 Å². The van der Waals surface area contributed by atoms with Gasteiger partial charge in [-0.25, -0.2) is 9.50 Å². The fraction of sp³-hybridized carbons (Fsp3) is 0.120. The van der Waals surface area contributed by atoms with Gasteiger partial charge in [-0.2, -0.15) is 23.4 Å². The van der Waals surface area contributed by atoms with Crippen LogP contribution in [-0.2, 0) is 12.7 Å². The Morgan fingerprint density at radius 1 is 0.974 bits per heavy atom. The molecule has 0 atom stereocenters. The summed E-state index contributed by atoms with van der Waals surface area (Å²) in [6, 6.07) is 13.4. The van der Waals surface area contributed by atoms with E-state index in [9.17, 15) is 18.0 Å². The van der Waals surface area contributed by atoms with Gasteiger partial charge in [0.25, 0.3) is 5.91 Å². The molecule has 5 aromatic rings. The van der Waals surface area contributed by atoms with E-state index in [1.54, 1.807) is 42.5 Å². The minimum absolute atomic E-state index is 0.00158. The number of fused-ring (bicyclic) bond motifs is 1. The average molecular weight is 596 g/mol. The second-order valence-electron chi connectivity index (χ2n) is 8.28. The maximum Gasteiger partial charge on any atom is 0.433 e. The summed E-state index contributed by atoms with van der Waals surface area (Å²) in [7, 11) is 1.48. The minimum Gasteiger partial charge on any atom is -0.497 e. The second kappa shape index (κ2) is 10.4. The van der Waals surface area contributed by atoms with Gasteiger partial charge in [0.05, 0.1) is 29.4 Å². The Labute approximate surface area is 233 Å². The summed E-state index contributed by atoms with van der Waals surface area (Å²) in [6.45, 7) is 0.272. The summed E-state index contributed by atoms with van der Waals surface area (Å²) in [6.07, 6.45) is -3.29. The van der Waals surface area contributed by atoms with Crippen LogP contribution < -0.4 is 10.1 Å². The molecule has 3 aromatic heterocycles. The lowest BCUT2D eigenvalue weighted by Crippen LogP contribution is -2.16. The van der Waals surface area contributed by atoms with Crippen LogP contribution in [0.3, 0.4) is 0 Å². The van der Waals surface area contributed by atoms with Crippen molar-refractivity contribution in [1.29, 1.82) is 0 Å². The molecule has 0 fully saturated rings. The van der Waals surface area contributed by atoms with Gasteiger partial charge in [0.15, 0.2) is 22.9 Å². The summed E-state index contributed by atoms with van der Waals surface area (Å²) < 4.78 is 48.9. The lowest BCUT2D eigenvalue weighted by molar-refractivity contribution is -0.142. The number of methoxy groups -OCH3 is 1. The van der Waals surface area contributed by atoms with Gasteiger partial charge in [0.1, 0.15) is 10.8 Å². The molecule has 0 aliphatic carbocycles. The molecule has 200 valence electrons. The van der Waals surface area contributed by atoms with Crippen LogP contribution in [0.2, 0.25) is 15.1 Å². The van der Waals surface area contributed by atoms with Crippen LogP contribution in [0.4, 0.5) is 19.0 Å². The van der Waals surface area contributed by atoms with Gasteiger partial charge < -0.3 is 10.1 Å². The molecule has 2 aromatic carbocycles. The van der Waals surface area contributed by atoms with Crippen molar-refractivity contribution in [3.8, 4) is 17.0 Å². The Balaban J connectivity index is 1.43. The van der Waals surface area contributed by atoms with Crippen LogP contribution in [0.1, 0.15) is 21.7 Å². The Morgan fingerprint density at radius 2 is 1.72 bits per heavy atom. The molecule has 0 unspecified atom stereocenters. The van der Waals surface area contributed by atoms with Gasteiger partial charge in [0.2, 0.25) is 0 Å². The molecule has 5 rings (SSSR count). The number of carbonyl (C=O) groups excluding carboxylic acids is 1. The molecule has 1 N–H and O–H groups in total. The number of nitrogens with zero attached hydrogens (tertiary/aromatic N) is 5. The first kappa shape index (κ1) is 26.8. The minimum atomic E-state index is -4.77. The fourth-order valence-electron chi connectivity index (χ4n) is 3.76. The van der Waals surface area contributed by atoms with Gasteiger partial charge in [-0.1, -0.05) is 40.9 Å². The number of aromatic nitrogens is 5. The van der Waals surface area contributed by atoms with E-state index in [0.29, 0.717) is 25.9 Å². The van der Waals surface area contributed by atoms with Crippen molar-refractivity contribution in [3.63, 3.8) is 0 Å². The molecule has 14 heteroatoms. The van der Waals surface area contributed by atoms with E-state index < -0.39 is 17.8 Å². The first-order chi connectivity index (χ1) is 18.5.